The van der Waals surface area contributed by atoms with Crippen molar-refractivity contribution in [1.82, 2.24) is 5.32 Å². The van der Waals surface area contributed by atoms with Crippen LogP contribution in [-0.4, -0.2) is 27.4 Å². The molecule has 26 heavy (non-hydrogen) atoms. The van der Waals surface area contributed by atoms with E-state index in [2.05, 4.69) is 16.7 Å². The molecular weight excluding hydrogens is 350 g/mol. The van der Waals surface area contributed by atoms with Crippen LogP contribution in [0.5, 0.6) is 0 Å². The molecule has 0 spiro atoms. The van der Waals surface area contributed by atoms with Gasteiger partial charge in [0.1, 0.15) is 0 Å². The van der Waals surface area contributed by atoms with Gasteiger partial charge in [0.15, 0.2) is 0 Å². The van der Waals surface area contributed by atoms with Crippen molar-refractivity contribution in [2.24, 2.45) is 5.14 Å². The molecule has 0 aliphatic carbocycles. The Bertz CT molecular complexity index is 842. The van der Waals surface area contributed by atoms with Crippen LogP contribution in [0.1, 0.15) is 23.1 Å². The Hall–Kier alpha value is -2.22. The molecule has 0 atom stereocenters. The summed E-state index contributed by atoms with van der Waals surface area (Å²) in [6.07, 6.45) is 1.13. The van der Waals surface area contributed by atoms with Crippen molar-refractivity contribution in [3.63, 3.8) is 0 Å². The number of sulfonamides is 1. The molecule has 1 amide bonds. The zero-order chi connectivity index (χ0) is 19.2. The van der Waals surface area contributed by atoms with Crippen molar-refractivity contribution in [1.29, 1.82) is 0 Å². The van der Waals surface area contributed by atoms with Gasteiger partial charge < -0.3 is 10.6 Å². The van der Waals surface area contributed by atoms with Crippen molar-refractivity contribution >= 4 is 21.6 Å². The Balaban J connectivity index is 1.69. The minimum Gasteiger partial charge on any atom is -0.326 e. The molecule has 0 aliphatic heterocycles. The summed E-state index contributed by atoms with van der Waals surface area (Å²) < 4.78 is 22.4. The quantitative estimate of drug-likeness (QED) is 0.615. The number of hydrogen-bond acceptors (Lipinski definition) is 4. The standard InChI is InChI=1S/C19H25N3O3S/c1-14-11-15(2)13-17(12-14)22-19(23)8-10-21-9-7-16-3-5-18(6-4-16)26(20,24)25/h3-6,11-13,21H,7-10H2,1-2H3,(H,22,23)(H2,20,24,25). The lowest BCUT2D eigenvalue weighted by Crippen LogP contribution is -2.23. The van der Waals surface area contributed by atoms with E-state index in [1.54, 1.807) is 12.1 Å². The first kappa shape index (κ1) is 20.1. The molecule has 0 bridgehead atoms. The SMILES string of the molecule is Cc1cc(C)cc(NC(=O)CCNCCc2ccc(S(N)(=O)=O)cc2)c1. The summed E-state index contributed by atoms with van der Waals surface area (Å²) >= 11 is 0. The number of rotatable bonds is 8. The molecule has 4 N–H and O–H groups in total. The number of aryl methyl sites for hydroxylation is 2. The third-order valence-corrected chi connectivity index (χ3v) is 4.81. The van der Waals surface area contributed by atoms with E-state index >= 15 is 0 Å². The number of nitrogens with one attached hydrogen (secondary N) is 2. The minimum atomic E-state index is -3.65. The smallest absolute Gasteiger partial charge is 0.238 e. The van der Waals surface area contributed by atoms with Gasteiger partial charge in [0, 0.05) is 18.7 Å². The molecule has 2 aromatic rings. The number of anilines is 1. The molecule has 0 fully saturated rings. The second-order valence-corrected chi connectivity index (χ2v) is 7.92. The molecule has 0 saturated carbocycles. The molecular formula is C19H25N3O3S. The molecule has 7 heteroatoms. The highest BCUT2D eigenvalue weighted by Crippen LogP contribution is 2.13. The van der Waals surface area contributed by atoms with E-state index in [-0.39, 0.29) is 10.8 Å². The number of benzene rings is 2. The van der Waals surface area contributed by atoms with Gasteiger partial charge in [-0.1, -0.05) is 18.2 Å². The molecule has 2 rings (SSSR count). The van der Waals surface area contributed by atoms with Crippen molar-refractivity contribution in [3.05, 3.63) is 59.2 Å². The molecule has 0 unspecified atom stereocenters. The Morgan fingerprint density at radius 2 is 1.62 bits per heavy atom. The van der Waals surface area contributed by atoms with Crippen LogP contribution < -0.4 is 15.8 Å². The zero-order valence-corrected chi connectivity index (χ0v) is 15.9. The first-order valence-corrected chi connectivity index (χ1v) is 9.99. The summed E-state index contributed by atoms with van der Waals surface area (Å²) in [5, 5.41) is 11.2. The highest BCUT2D eigenvalue weighted by molar-refractivity contribution is 7.89. The fourth-order valence-electron chi connectivity index (χ4n) is 2.68. The van der Waals surface area contributed by atoms with E-state index in [0.717, 1.165) is 28.8 Å². The summed E-state index contributed by atoms with van der Waals surface area (Å²) in [7, 11) is -3.65. The maximum absolute atomic E-state index is 12.0. The molecule has 0 radical (unpaired) electrons. The van der Waals surface area contributed by atoms with Crippen molar-refractivity contribution in [2.75, 3.05) is 18.4 Å². The Kier molecular flexibility index (Phi) is 6.90. The third-order valence-electron chi connectivity index (χ3n) is 3.88. The zero-order valence-electron chi connectivity index (χ0n) is 15.1. The van der Waals surface area contributed by atoms with Gasteiger partial charge in [-0.3, -0.25) is 4.79 Å². The largest absolute Gasteiger partial charge is 0.326 e. The van der Waals surface area contributed by atoms with E-state index in [1.165, 1.54) is 12.1 Å². The van der Waals surface area contributed by atoms with Gasteiger partial charge in [-0.25, -0.2) is 13.6 Å². The van der Waals surface area contributed by atoms with Gasteiger partial charge in [0.2, 0.25) is 15.9 Å². The highest BCUT2D eigenvalue weighted by Gasteiger charge is 2.07. The molecule has 0 heterocycles. The van der Waals surface area contributed by atoms with Crippen LogP contribution in [0.3, 0.4) is 0 Å². The molecule has 2 aromatic carbocycles. The topological polar surface area (TPSA) is 101 Å². The molecule has 0 aromatic heterocycles. The fourth-order valence-corrected chi connectivity index (χ4v) is 3.19. The van der Waals surface area contributed by atoms with Crippen LogP contribution in [0, 0.1) is 13.8 Å². The molecule has 0 aliphatic rings. The van der Waals surface area contributed by atoms with Crippen molar-refractivity contribution in [2.45, 2.75) is 31.6 Å². The van der Waals surface area contributed by atoms with Gasteiger partial charge >= 0.3 is 0 Å². The lowest BCUT2D eigenvalue weighted by atomic mass is 10.1. The normalized spacial score (nSPS) is 11.3. The summed E-state index contributed by atoms with van der Waals surface area (Å²) in [6.45, 7) is 5.27. The van der Waals surface area contributed by atoms with Gasteiger partial charge in [0.05, 0.1) is 4.90 Å². The van der Waals surface area contributed by atoms with Gasteiger partial charge in [-0.05, 0) is 67.8 Å². The fraction of sp³-hybridized carbons (Fsp3) is 0.316. The van der Waals surface area contributed by atoms with Gasteiger partial charge in [-0.15, -0.1) is 0 Å². The van der Waals surface area contributed by atoms with Crippen LogP contribution >= 0.6 is 0 Å². The highest BCUT2D eigenvalue weighted by atomic mass is 32.2. The number of primary sulfonamides is 1. The summed E-state index contributed by atoms with van der Waals surface area (Å²) in [6, 6.07) is 12.5. The van der Waals surface area contributed by atoms with Crippen LogP contribution in [-0.2, 0) is 21.2 Å². The number of hydrogen-bond donors (Lipinski definition) is 3. The lowest BCUT2D eigenvalue weighted by molar-refractivity contribution is -0.116. The third kappa shape index (κ3) is 6.59. The predicted octanol–water partition coefficient (Wildman–Crippen LogP) is 2.11. The monoisotopic (exact) mass is 375 g/mol. The summed E-state index contributed by atoms with van der Waals surface area (Å²) in [4.78, 5) is 12.1. The Morgan fingerprint density at radius 1 is 1.00 bits per heavy atom. The van der Waals surface area contributed by atoms with Gasteiger partial charge in [-0.2, -0.15) is 0 Å². The molecule has 6 nitrogen and oxygen atoms in total. The second kappa shape index (κ2) is 8.93. The Morgan fingerprint density at radius 3 is 2.19 bits per heavy atom. The van der Waals surface area contributed by atoms with Crippen LogP contribution in [0.2, 0.25) is 0 Å². The second-order valence-electron chi connectivity index (χ2n) is 6.36. The average Bonchev–Trinajstić information content (AvgIpc) is 2.53. The number of carbonyl (C=O) groups excluding carboxylic acids is 1. The lowest BCUT2D eigenvalue weighted by Gasteiger charge is -2.08. The van der Waals surface area contributed by atoms with E-state index in [4.69, 9.17) is 5.14 Å². The van der Waals surface area contributed by atoms with E-state index < -0.39 is 10.0 Å². The minimum absolute atomic E-state index is 0.0278. The van der Waals surface area contributed by atoms with Crippen molar-refractivity contribution < 1.29 is 13.2 Å². The molecule has 0 saturated heterocycles. The maximum Gasteiger partial charge on any atom is 0.238 e. The van der Waals surface area contributed by atoms with E-state index in [1.807, 2.05) is 26.0 Å². The van der Waals surface area contributed by atoms with Crippen LogP contribution in [0.15, 0.2) is 47.4 Å². The first-order chi connectivity index (χ1) is 12.2. The number of carbonyl (C=O) groups is 1. The summed E-state index contributed by atoms with van der Waals surface area (Å²) in [5.41, 5.74) is 4.06. The van der Waals surface area contributed by atoms with Crippen LogP contribution in [0.25, 0.3) is 0 Å². The van der Waals surface area contributed by atoms with E-state index in [0.29, 0.717) is 19.5 Å². The summed E-state index contributed by atoms with van der Waals surface area (Å²) in [5.74, 6) is -0.0278. The van der Waals surface area contributed by atoms with Gasteiger partial charge in [0.25, 0.3) is 0 Å². The Labute approximate surface area is 154 Å². The van der Waals surface area contributed by atoms with E-state index in [9.17, 15) is 13.2 Å². The number of amides is 1. The maximum atomic E-state index is 12.0. The molecule has 140 valence electrons. The predicted molar refractivity (Wildman–Crippen MR) is 104 cm³/mol. The number of nitrogens with two attached hydrogens (primary N) is 1. The first-order valence-electron chi connectivity index (χ1n) is 8.44. The van der Waals surface area contributed by atoms with Crippen LogP contribution in [0.4, 0.5) is 5.69 Å². The van der Waals surface area contributed by atoms with Crippen molar-refractivity contribution in [3.8, 4) is 0 Å². The average molecular weight is 375 g/mol.